The van der Waals surface area contributed by atoms with Gasteiger partial charge in [-0.2, -0.15) is 0 Å². The molecule has 3 heteroatoms. The molecule has 0 radical (unpaired) electrons. The van der Waals surface area contributed by atoms with Crippen molar-refractivity contribution in [3.8, 4) is 0 Å². The molecule has 0 N–H and O–H groups in total. The van der Waals surface area contributed by atoms with Gasteiger partial charge < -0.3 is 0 Å². The van der Waals surface area contributed by atoms with Crippen molar-refractivity contribution in [2.24, 2.45) is 0 Å². The molecule has 0 atom stereocenters. The minimum Gasteiger partial charge on any atom is -0.206 e. The van der Waals surface area contributed by atoms with E-state index in [0.29, 0.717) is 4.90 Å². The summed E-state index contributed by atoms with van der Waals surface area (Å²) in [4.78, 5) is 1.66. The summed E-state index contributed by atoms with van der Waals surface area (Å²) in [7, 11) is 0. The molecule has 2 aromatic carbocycles. The molecule has 0 aliphatic carbocycles. The topological polar surface area (TPSA) is 0 Å². The lowest BCUT2D eigenvalue weighted by Crippen LogP contribution is -1.80. The fourth-order valence-electron chi connectivity index (χ4n) is 1.17. The Morgan fingerprint density at radius 1 is 0.867 bits per heavy atom. The number of halogens is 2. The molecule has 0 saturated heterocycles. The lowest BCUT2D eigenvalue weighted by atomic mass is 10.3. The van der Waals surface area contributed by atoms with E-state index in [9.17, 15) is 4.39 Å². The highest BCUT2D eigenvalue weighted by molar-refractivity contribution is 9.10. The molecule has 2 aromatic rings. The summed E-state index contributed by atoms with van der Waals surface area (Å²) in [5, 5.41) is 0. The van der Waals surface area contributed by atoms with E-state index in [2.05, 4.69) is 15.9 Å². The first-order valence-corrected chi connectivity index (χ1v) is 6.05. The van der Waals surface area contributed by atoms with Crippen LogP contribution >= 0.6 is 27.7 Å². The van der Waals surface area contributed by atoms with Gasteiger partial charge >= 0.3 is 0 Å². The Labute approximate surface area is 101 Å². The maximum Gasteiger partial charge on any atom is 0.137 e. The molecule has 0 amide bonds. The van der Waals surface area contributed by atoms with Gasteiger partial charge in [0.2, 0.25) is 0 Å². The average Bonchev–Trinajstić information content (AvgIpc) is 2.24. The minimum absolute atomic E-state index is 0.182. The lowest BCUT2D eigenvalue weighted by Gasteiger charge is -2.04. The Morgan fingerprint density at radius 3 is 2.13 bits per heavy atom. The summed E-state index contributed by atoms with van der Waals surface area (Å²) in [5.41, 5.74) is 0. The third-order valence-electron chi connectivity index (χ3n) is 1.89. The van der Waals surface area contributed by atoms with Gasteiger partial charge in [-0.05, 0) is 40.2 Å². The number of hydrogen-bond donors (Lipinski definition) is 0. The van der Waals surface area contributed by atoms with E-state index in [1.807, 2.05) is 30.3 Å². The van der Waals surface area contributed by atoms with Crippen LogP contribution in [0.4, 0.5) is 4.39 Å². The molecular formula is C12H8BrFS. The molecule has 0 saturated carbocycles. The standard InChI is InChI=1S/C12H8BrFS/c13-9-5-1-3-7-11(9)15-12-8-4-2-6-10(12)14/h1-8H. The van der Waals surface area contributed by atoms with Crippen LogP contribution in [0.15, 0.2) is 62.8 Å². The van der Waals surface area contributed by atoms with Gasteiger partial charge in [0, 0.05) is 14.3 Å². The summed E-state index contributed by atoms with van der Waals surface area (Å²) in [6, 6.07) is 14.6. The van der Waals surface area contributed by atoms with Crippen LogP contribution in [0.25, 0.3) is 0 Å². The molecule has 0 unspecified atom stereocenters. The normalized spacial score (nSPS) is 10.3. The van der Waals surface area contributed by atoms with Gasteiger partial charge in [0.15, 0.2) is 0 Å². The largest absolute Gasteiger partial charge is 0.206 e. The van der Waals surface area contributed by atoms with Crippen LogP contribution in [-0.2, 0) is 0 Å². The van der Waals surface area contributed by atoms with E-state index in [-0.39, 0.29) is 5.82 Å². The van der Waals surface area contributed by atoms with Crippen molar-refractivity contribution < 1.29 is 4.39 Å². The predicted molar refractivity (Wildman–Crippen MR) is 64.7 cm³/mol. The van der Waals surface area contributed by atoms with Crippen LogP contribution < -0.4 is 0 Å². The third kappa shape index (κ3) is 2.61. The maximum absolute atomic E-state index is 13.4. The van der Waals surface area contributed by atoms with Gasteiger partial charge in [-0.3, -0.25) is 0 Å². The Kier molecular flexibility index (Phi) is 3.44. The van der Waals surface area contributed by atoms with E-state index in [4.69, 9.17) is 0 Å². The predicted octanol–water partition coefficient (Wildman–Crippen LogP) is 4.74. The summed E-state index contributed by atoms with van der Waals surface area (Å²) in [6.45, 7) is 0. The van der Waals surface area contributed by atoms with Crippen LogP contribution in [0.2, 0.25) is 0 Å². The first-order chi connectivity index (χ1) is 7.27. The van der Waals surface area contributed by atoms with E-state index < -0.39 is 0 Å². The average molecular weight is 283 g/mol. The first kappa shape index (κ1) is 10.7. The molecule has 0 aliphatic rings. The Balaban J connectivity index is 2.30. The number of rotatable bonds is 2. The first-order valence-electron chi connectivity index (χ1n) is 4.44. The molecule has 0 spiro atoms. The molecule has 15 heavy (non-hydrogen) atoms. The lowest BCUT2D eigenvalue weighted by molar-refractivity contribution is 0.602. The maximum atomic E-state index is 13.4. The highest BCUT2D eigenvalue weighted by atomic mass is 79.9. The van der Waals surface area contributed by atoms with Gasteiger partial charge in [0.25, 0.3) is 0 Å². The second kappa shape index (κ2) is 4.81. The Bertz CT molecular complexity index is 427. The monoisotopic (exact) mass is 282 g/mol. The van der Waals surface area contributed by atoms with E-state index in [1.165, 1.54) is 17.8 Å². The third-order valence-corrected chi connectivity index (χ3v) is 3.97. The van der Waals surface area contributed by atoms with Gasteiger partial charge in [-0.1, -0.05) is 36.0 Å². The van der Waals surface area contributed by atoms with Crippen molar-refractivity contribution in [2.75, 3.05) is 0 Å². The zero-order valence-electron chi connectivity index (χ0n) is 7.78. The molecule has 0 bridgehead atoms. The van der Waals surface area contributed by atoms with Crippen molar-refractivity contribution in [1.29, 1.82) is 0 Å². The minimum atomic E-state index is -0.182. The van der Waals surface area contributed by atoms with Crippen LogP contribution in [0.5, 0.6) is 0 Å². The van der Waals surface area contributed by atoms with Crippen LogP contribution in [0.1, 0.15) is 0 Å². The number of benzene rings is 2. The van der Waals surface area contributed by atoms with Crippen LogP contribution in [0.3, 0.4) is 0 Å². The van der Waals surface area contributed by atoms with Gasteiger partial charge in [-0.15, -0.1) is 0 Å². The number of hydrogen-bond acceptors (Lipinski definition) is 1. The molecule has 0 heterocycles. The SMILES string of the molecule is Fc1ccccc1Sc1ccccc1Br. The second-order valence-electron chi connectivity index (χ2n) is 2.96. The molecule has 0 nitrogen and oxygen atoms in total. The zero-order valence-corrected chi connectivity index (χ0v) is 10.2. The highest BCUT2D eigenvalue weighted by Crippen LogP contribution is 2.34. The highest BCUT2D eigenvalue weighted by Gasteiger charge is 2.05. The molecule has 0 aromatic heterocycles. The summed E-state index contributed by atoms with van der Waals surface area (Å²) < 4.78 is 14.4. The van der Waals surface area contributed by atoms with Gasteiger partial charge in [0.1, 0.15) is 5.82 Å². The Hall–Kier alpha value is -0.800. The summed E-state index contributed by atoms with van der Waals surface area (Å²) in [6.07, 6.45) is 0. The summed E-state index contributed by atoms with van der Waals surface area (Å²) in [5.74, 6) is -0.182. The summed E-state index contributed by atoms with van der Waals surface area (Å²) >= 11 is 4.85. The van der Waals surface area contributed by atoms with E-state index in [1.54, 1.807) is 12.1 Å². The smallest absolute Gasteiger partial charge is 0.137 e. The van der Waals surface area contributed by atoms with Crippen molar-refractivity contribution in [1.82, 2.24) is 0 Å². The molecule has 2 rings (SSSR count). The molecule has 0 fully saturated rings. The van der Waals surface area contributed by atoms with Crippen LogP contribution in [-0.4, -0.2) is 0 Å². The molecule has 0 aliphatic heterocycles. The van der Waals surface area contributed by atoms with Crippen molar-refractivity contribution >= 4 is 27.7 Å². The molecule has 76 valence electrons. The Morgan fingerprint density at radius 2 is 1.47 bits per heavy atom. The quantitative estimate of drug-likeness (QED) is 0.767. The van der Waals surface area contributed by atoms with E-state index in [0.717, 1.165) is 9.37 Å². The molecular weight excluding hydrogens is 275 g/mol. The van der Waals surface area contributed by atoms with Gasteiger partial charge in [0.05, 0.1) is 0 Å². The van der Waals surface area contributed by atoms with Crippen LogP contribution in [0, 0.1) is 5.82 Å². The fraction of sp³-hybridized carbons (Fsp3) is 0. The van der Waals surface area contributed by atoms with Gasteiger partial charge in [-0.25, -0.2) is 4.39 Å². The zero-order chi connectivity index (χ0) is 10.7. The van der Waals surface area contributed by atoms with E-state index >= 15 is 0 Å². The van der Waals surface area contributed by atoms with Crippen molar-refractivity contribution in [3.63, 3.8) is 0 Å². The fourth-order valence-corrected chi connectivity index (χ4v) is 2.56. The second-order valence-corrected chi connectivity index (χ2v) is 4.90. The van der Waals surface area contributed by atoms with Crippen molar-refractivity contribution in [2.45, 2.75) is 9.79 Å². The van der Waals surface area contributed by atoms with Crippen molar-refractivity contribution in [3.05, 3.63) is 58.8 Å².